The summed E-state index contributed by atoms with van der Waals surface area (Å²) in [4.78, 5) is 28.1. The second-order valence-corrected chi connectivity index (χ2v) is 6.75. The van der Waals surface area contributed by atoms with Crippen LogP contribution < -0.4 is 0 Å². The van der Waals surface area contributed by atoms with Crippen molar-refractivity contribution >= 4 is 17.9 Å². The first-order valence-corrected chi connectivity index (χ1v) is 8.94. The number of benzene rings is 1. The molecule has 1 aromatic heterocycles. The van der Waals surface area contributed by atoms with E-state index in [1.807, 2.05) is 18.2 Å². The summed E-state index contributed by atoms with van der Waals surface area (Å²) < 4.78 is 5.15. The molecule has 1 aliphatic heterocycles. The van der Waals surface area contributed by atoms with Crippen LogP contribution in [0.3, 0.4) is 0 Å². The zero-order valence-electron chi connectivity index (χ0n) is 15.2. The van der Waals surface area contributed by atoms with Gasteiger partial charge in [0.2, 0.25) is 5.91 Å². The number of rotatable bonds is 4. The van der Waals surface area contributed by atoms with Crippen molar-refractivity contribution in [3.05, 3.63) is 65.6 Å². The van der Waals surface area contributed by atoms with Gasteiger partial charge in [0.15, 0.2) is 5.76 Å². The lowest BCUT2D eigenvalue weighted by Crippen LogP contribution is -2.50. The maximum atomic E-state index is 12.4. The highest BCUT2D eigenvalue weighted by atomic mass is 16.3. The lowest BCUT2D eigenvalue weighted by molar-refractivity contribution is -0.127. The first-order valence-electron chi connectivity index (χ1n) is 8.94. The molecule has 136 valence electrons. The highest BCUT2D eigenvalue weighted by molar-refractivity contribution is 5.93. The summed E-state index contributed by atoms with van der Waals surface area (Å²) in [5.74, 6) is 0.690. The lowest BCUT2D eigenvalue weighted by atomic mass is 10.0. The number of piperazine rings is 1. The van der Waals surface area contributed by atoms with Crippen molar-refractivity contribution in [1.29, 1.82) is 0 Å². The summed E-state index contributed by atoms with van der Waals surface area (Å²) in [6.45, 7) is 6.41. The van der Waals surface area contributed by atoms with Crippen molar-refractivity contribution in [1.82, 2.24) is 9.80 Å². The molecule has 5 heteroatoms. The van der Waals surface area contributed by atoms with Crippen molar-refractivity contribution in [3.8, 4) is 0 Å². The Kier molecular flexibility index (Phi) is 5.56. The Morgan fingerprint density at radius 1 is 1.00 bits per heavy atom. The minimum atomic E-state index is -0.122. The predicted molar refractivity (Wildman–Crippen MR) is 101 cm³/mol. The van der Waals surface area contributed by atoms with E-state index in [1.165, 1.54) is 11.8 Å². The smallest absolute Gasteiger partial charge is 0.289 e. The van der Waals surface area contributed by atoms with E-state index in [0.717, 1.165) is 5.56 Å². The summed E-state index contributed by atoms with van der Waals surface area (Å²) in [7, 11) is 0. The molecule has 2 aromatic rings. The zero-order valence-corrected chi connectivity index (χ0v) is 15.2. The normalized spacial score (nSPS) is 15.0. The van der Waals surface area contributed by atoms with Crippen LogP contribution >= 0.6 is 0 Å². The molecule has 0 atom stereocenters. The van der Waals surface area contributed by atoms with Crippen LogP contribution in [0.2, 0.25) is 0 Å². The number of carbonyl (C=O) groups is 2. The van der Waals surface area contributed by atoms with Crippen molar-refractivity contribution in [2.45, 2.75) is 19.8 Å². The fourth-order valence-corrected chi connectivity index (χ4v) is 2.95. The maximum Gasteiger partial charge on any atom is 0.289 e. The molecule has 0 radical (unpaired) electrons. The quantitative estimate of drug-likeness (QED) is 0.793. The van der Waals surface area contributed by atoms with Crippen molar-refractivity contribution in [2.24, 2.45) is 0 Å². The summed E-state index contributed by atoms with van der Waals surface area (Å²) in [6, 6.07) is 11.6. The molecular formula is C21H24N2O3. The van der Waals surface area contributed by atoms with Gasteiger partial charge in [0.05, 0.1) is 6.26 Å². The molecule has 5 nitrogen and oxygen atoms in total. The van der Waals surface area contributed by atoms with Crippen LogP contribution in [0.25, 0.3) is 6.08 Å². The van der Waals surface area contributed by atoms with Gasteiger partial charge in [-0.2, -0.15) is 0 Å². The fraction of sp³-hybridized carbons (Fsp3) is 0.333. The Balaban J connectivity index is 1.52. The average Bonchev–Trinajstić information content (AvgIpc) is 3.20. The van der Waals surface area contributed by atoms with E-state index in [9.17, 15) is 9.59 Å². The monoisotopic (exact) mass is 352 g/mol. The lowest BCUT2D eigenvalue weighted by Gasteiger charge is -2.33. The Morgan fingerprint density at radius 3 is 2.23 bits per heavy atom. The molecule has 1 aromatic carbocycles. The SMILES string of the molecule is CC(C)c1ccc(/C=C/C(=O)N2CCN(C(=O)c3ccco3)CC2)cc1. The topological polar surface area (TPSA) is 53.8 Å². The predicted octanol–water partition coefficient (Wildman–Crippen LogP) is 3.40. The minimum absolute atomic E-state index is 0.0250. The van der Waals surface area contributed by atoms with Gasteiger partial charge < -0.3 is 14.2 Å². The van der Waals surface area contributed by atoms with Gasteiger partial charge in [-0.15, -0.1) is 0 Å². The molecule has 3 rings (SSSR count). The fourth-order valence-electron chi connectivity index (χ4n) is 2.95. The highest BCUT2D eigenvalue weighted by Crippen LogP contribution is 2.15. The van der Waals surface area contributed by atoms with Gasteiger partial charge in [0.25, 0.3) is 5.91 Å². The number of furan rings is 1. The van der Waals surface area contributed by atoms with Gasteiger partial charge in [0.1, 0.15) is 0 Å². The van der Waals surface area contributed by atoms with Crippen LogP contribution in [0.15, 0.2) is 53.2 Å². The molecule has 0 bridgehead atoms. The highest BCUT2D eigenvalue weighted by Gasteiger charge is 2.25. The largest absolute Gasteiger partial charge is 0.459 e. The number of hydrogen-bond donors (Lipinski definition) is 0. The second-order valence-electron chi connectivity index (χ2n) is 6.75. The van der Waals surface area contributed by atoms with E-state index >= 15 is 0 Å². The van der Waals surface area contributed by atoms with Crippen molar-refractivity contribution < 1.29 is 14.0 Å². The molecule has 0 aliphatic carbocycles. The Bertz CT molecular complexity index is 768. The van der Waals surface area contributed by atoms with E-state index < -0.39 is 0 Å². The first kappa shape index (κ1) is 18.0. The van der Waals surface area contributed by atoms with Gasteiger partial charge in [-0.1, -0.05) is 38.1 Å². The maximum absolute atomic E-state index is 12.4. The number of amides is 2. The van der Waals surface area contributed by atoms with Gasteiger partial charge in [-0.3, -0.25) is 9.59 Å². The minimum Gasteiger partial charge on any atom is -0.459 e. The summed E-state index contributed by atoms with van der Waals surface area (Å²) in [6.07, 6.45) is 4.94. The molecule has 2 amide bonds. The third-order valence-corrected chi connectivity index (χ3v) is 4.63. The molecule has 1 aliphatic rings. The van der Waals surface area contributed by atoms with Crippen LogP contribution in [0.5, 0.6) is 0 Å². The molecule has 0 spiro atoms. The number of hydrogen-bond acceptors (Lipinski definition) is 3. The third-order valence-electron chi connectivity index (χ3n) is 4.63. The van der Waals surface area contributed by atoms with Gasteiger partial charge in [-0.25, -0.2) is 0 Å². The molecule has 1 fully saturated rings. The van der Waals surface area contributed by atoms with Gasteiger partial charge in [-0.05, 0) is 35.3 Å². The van der Waals surface area contributed by atoms with Crippen LogP contribution in [-0.4, -0.2) is 47.8 Å². The Morgan fingerprint density at radius 2 is 1.65 bits per heavy atom. The van der Waals surface area contributed by atoms with Crippen molar-refractivity contribution in [3.63, 3.8) is 0 Å². The molecule has 2 heterocycles. The molecule has 0 N–H and O–H groups in total. The van der Waals surface area contributed by atoms with E-state index in [-0.39, 0.29) is 11.8 Å². The summed E-state index contributed by atoms with van der Waals surface area (Å²) >= 11 is 0. The Labute approximate surface area is 153 Å². The van der Waals surface area contributed by atoms with Gasteiger partial charge >= 0.3 is 0 Å². The summed E-state index contributed by atoms with van der Waals surface area (Å²) in [5, 5.41) is 0. The molecule has 26 heavy (non-hydrogen) atoms. The standard InChI is InChI=1S/C21H24N2O3/c1-16(2)18-8-5-17(6-9-18)7-10-20(24)22-11-13-23(14-12-22)21(25)19-4-3-15-26-19/h3-10,15-16H,11-14H2,1-2H3/b10-7+. The van der Waals surface area contributed by atoms with E-state index in [1.54, 1.807) is 28.0 Å². The second kappa shape index (κ2) is 8.04. The molecule has 0 unspecified atom stereocenters. The molecule has 0 saturated carbocycles. The summed E-state index contributed by atoms with van der Waals surface area (Å²) in [5.41, 5.74) is 2.29. The number of carbonyl (C=O) groups excluding carboxylic acids is 2. The van der Waals surface area contributed by atoms with Crippen LogP contribution in [0.1, 0.15) is 41.4 Å². The molecule has 1 saturated heterocycles. The third kappa shape index (κ3) is 4.23. The van der Waals surface area contributed by atoms with Crippen LogP contribution in [0, 0.1) is 0 Å². The Hall–Kier alpha value is -2.82. The van der Waals surface area contributed by atoms with E-state index in [2.05, 4.69) is 26.0 Å². The van der Waals surface area contributed by atoms with Gasteiger partial charge in [0, 0.05) is 32.3 Å². The average molecular weight is 352 g/mol. The van der Waals surface area contributed by atoms with Crippen molar-refractivity contribution in [2.75, 3.05) is 26.2 Å². The zero-order chi connectivity index (χ0) is 18.5. The first-order chi connectivity index (χ1) is 12.5. The van der Waals surface area contributed by atoms with E-state index in [4.69, 9.17) is 4.42 Å². The van der Waals surface area contributed by atoms with Crippen LogP contribution in [-0.2, 0) is 4.79 Å². The van der Waals surface area contributed by atoms with Crippen LogP contribution in [0.4, 0.5) is 0 Å². The van der Waals surface area contributed by atoms with E-state index in [0.29, 0.717) is 37.9 Å². The molecular weight excluding hydrogens is 328 g/mol. The number of nitrogens with zero attached hydrogens (tertiary/aromatic N) is 2.